The van der Waals surface area contributed by atoms with Crippen LogP contribution in [-0.2, 0) is 11.3 Å². The summed E-state index contributed by atoms with van der Waals surface area (Å²) in [6, 6.07) is 0.522. The second kappa shape index (κ2) is 5.06. The third-order valence-electron chi connectivity index (χ3n) is 3.98. The Balaban J connectivity index is 1.51. The number of carbonyl (C=O) groups excluding carboxylic acids is 1. The molecule has 6 heteroatoms. The number of likely N-dealkylation sites (tertiary alicyclic amines) is 1. The number of carbonyl (C=O) groups is 1. The van der Waals surface area contributed by atoms with Crippen molar-refractivity contribution in [2.75, 3.05) is 19.6 Å². The van der Waals surface area contributed by atoms with Crippen molar-refractivity contribution in [3.05, 3.63) is 12.4 Å². The molecule has 1 aromatic rings. The number of nitrogens with one attached hydrogen (secondary N) is 1. The maximum absolute atomic E-state index is 12.1. The van der Waals surface area contributed by atoms with E-state index in [9.17, 15) is 4.79 Å². The van der Waals surface area contributed by atoms with Crippen LogP contribution in [0.3, 0.4) is 0 Å². The number of aryl methyl sites for hydroxylation is 1. The zero-order chi connectivity index (χ0) is 12.4. The van der Waals surface area contributed by atoms with Gasteiger partial charge in [0.15, 0.2) is 0 Å². The topological polar surface area (TPSA) is 63.1 Å². The molecule has 3 rings (SSSR count). The largest absolute Gasteiger partial charge is 0.341 e. The smallest absolute Gasteiger partial charge is 0.224 e. The molecular weight excluding hydrogens is 230 g/mol. The Labute approximate surface area is 106 Å². The van der Waals surface area contributed by atoms with E-state index in [1.807, 2.05) is 4.90 Å². The van der Waals surface area contributed by atoms with Crippen LogP contribution in [0, 0.1) is 5.92 Å². The number of hydrogen-bond acceptors (Lipinski definition) is 4. The van der Waals surface area contributed by atoms with Gasteiger partial charge in [0, 0.05) is 31.7 Å². The van der Waals surface area contributed by atoms with Gasteiger partial charge in [-0.25, -0.2) is 0 Å². The van der Waals surface area contributed by atoms with Crippen molar-refractivity contribution < 1.29 is 4.79 Å². The summed E-state index contributed by atoms with van der Waals surface area (Å²) in [5, 5.41) is 11.1. The molecule has 2 saturated heterocycles. The number of aromatic nitrogens is 3. The lowest BCUT2D eigenvalue weighted by Crippen LogP contribution is -2.41. The predicted molar refractivity (Wildman–Crippen MR) is 65.7 cm³/mol. The number of fused-ring (bicyclic) bond motifs is 1. The molecule has 0 radical (unpaired) electrons. The molecule has 2 aliphatic heterocycles. The molecular formula is C12H19N5O. The Morgan fingerprint density at radius 1 is 1.44 bits per heavy atom. The van der Waals surface area contributed by atoms with Crippen LogP contribution in [-0.4, -0.2) is 51.5 Å². The summed E-state index contributed by atoms with van der Waals surface area (Å²) in [7, 11) is 0. The van der Waals surface area contributed by atoms with Gasteiger partial charge in [-0.2, -0.15) is 0 Å². The lowest BCUT2D eigenvalue weighted by atomic mass is 9.94. The van der Waals surface area contributed by atoms with Gasteiger partial charge in [-0.15, -0.1) is 5.10 Å². The van der Waals surface area contributed by atoms with Crippen molar-refractivity contribution in [1.82, 2.24) is 25.2 Å². The molecule has 1 aromatic heterocycles. The molecule has 0 aromatic carbocycles. The van der Waals surface area contributed by atoms with Crippen LogP contribution < -0.4 is 5.32 Å². The van der Waals surface area contributed by atoms with Crippen molar-refractivity contribution >= 4 is 5.91 Å². The van der Waals surface area contributed by atoms with Crippen LogP contribution in [0.5, 0.6) is 0 Å². The van der Waals surface area contributed by atoms with Crippen molar-refractivity contribution in [2.24, 2.45) is 5.92 Å². The lowest BCUT2D eigenvalue weighted by Gasteiger charge is -2.24. The summed E-state index contributed by atoms with van der Waals surface area (Å²) in [6.07, 6.45) is 6.44. The maximum atomic E-state index is 12.1. The molecule has 0 bridgehead atoms. The third-order valence-corrected chi connectivity index (χ3v) is 3.98. The highest BCUT2D eigenvalue weighted by atomic mass is 16.2. The molecule has 6 nitrogen and oxygen atoms in total. The van der Waals surface area contributed by atoms with Crippen molar-refractivity contribution in [3.63, 3.8) is 0 Å². The minimum Gasteiger partial charge on any atom is -0.341 e. The van der Waals surface area contributed by atoms with E-state index < -0.39 is 0 Å². The Morgan fingerprint density at radius 2 is 2.39 bits per heavy atom. The predicted octanol–water partition coefficient (Wildman–Crippen LogP) is -0.121. The summed E-state index contributed by atoms with van der Waals surface area (Å²) in [5.74, 6) is 0.899. The van der Waals surface area contributed by atoms with Crippen molar-refractivity contribution in [1.29, 1.82) is 0 Å². The quantitative estimate of drug-likeness (QED) is 0.811. The van der Waals surface area contributed by atoms with Crippen molar-refractivity contribution in [3.8, 4) is 0 Å². The highest BCUT2D eigenvalue weighted by Crippen LogP contribution is 2.25. The fourth-order valence-corrected chi connectivity index (χ4v) is 2.97. The molecule has 0 saturated carbocycles. The standard InChI is InChI=1S/C12H19N5O/c18-12(3-6-17-7-5-14-15-17)16-8-10-2-1-4-13-11(10)9-16/h5,7,10-11,13H,1-4,6,8-9H2/t10-,11+/m0/s1. The van der Waals surface area contributed by atoms with Crippen LogP contribution in [0.25, 0.3) is 0 Å². The zero-order valence-electron chi connectivity index (χ0n) is 10.5. The van der Waals surface area contributed by atoms with Gasteiger partial charge >= 0.3 is 0 Å². The second-order valence-electron chi connectivity index (χ2n) is 5.18. The first-order chi connectivity index (χ1) is 8.83. The van der Waals surface area contributed by atoms with E-state index >= 15 is 0 Å². The highest BCUT2D eigenvalue weighted by Gasteiger charge is 2.35. The lowest BCUT2D eigenvalue weighted by molar-refractivity contribution is -0.130. The number of piperidine rings is 1. The molecule has 18 heavy (non-hydrogen) atoms. The molecule has 0 unspecified atom stereocenters. The number of rotatable bonds is 3. The molecule has 2 atom stereocenters. The first-order valence-corrected chi connectivity index (χ1v) is 6.68. The van der Waals surface area contributed by atoms with E-state index in [2.05, 4.69) is 15.6 Å². The van der Waals surface area contributed by atoms with Crippen molar-refractivity contribution in [2.45, 2.75) is 31.8 Å². The number of amides is 1. The van der Waals surface area contributed by atoms with Crippen LogP contribution in [0.2, 0.25) is 0 Å². The highest BCUT2D eigenvalue weighted by molar-refractivity contribution is 5.76. The maximum Gasteiger partial charge on any atom is 0.224 e. The molecule has 0 aliphatic carbocycles. The first-order valence-electron chi connectivity index (χ1n) is 6.68. The van der Waals surface area contributed by atoms with Crippen LogP contribution in [0.1, 0.15) is 19.3 Å². The average molecular weight is 249 g/mol. The fourth-order valence-electron chi connectivity index (χ4n) is 2.97. The monoisotopic (exact) mass is 249 g/mol. The van der Waals surface area contributed by atoms with Gasteiger partial charge in [0.25, 0.3) is 0 Å². The first kappa shape index (κ1) is 11.6. The van der Waals surface area contributed by atoms with E-state index in [4.69, 9.17) is 0 Å². The van der Waals surface area contributed by atoms with Crippen LogP contribution in [0.15, 0.2) is 12.4 Å². The summed E-state index contributed by atoms with van der Waals surface area (Å²) in [6.45, 7) is 3.52. The SMILES string of the molecule is O=C(CCn1ccnn1)N1C[C@@H]2CCCN[C@@H]2C1. The summed E-state index contributed by atoms with van der Waals surface area (Å²) < 4.78 is 1.71. The average Bonchev–Trinajstić information content (AvgIpc) is 3.04. The normalized spacial score (nSPS) is 27.2. The minimum absolute atomic E-state index is 0.238. The Hall–Kier alpha value is -1.43. The molecule has 3 heterocycles. The molecule has 0 spiro atoms. The Kier molecular flexibility index (Phi) is 3.27. The molecule has 1 N–H and O–H groups in total. The van der Waals surface area contributed by atoms with E-state index in [-0.39, 0.29) is 5.91 Å². The number of nitrogens with zero attached hydrogens (tertiary/aromatic N) is 4. The van der Waals surface area contributed by atoms with Gasteiger partial charge in [0.05, 0.1) is 12.7 Å². The fraction of sp³-hybridized carbons (Fsp3) is 0.750. The second-order valence-corrected chi connectivity index (χ2v) is 5.18. The van der Waals surface area contributed by atoms with Gasteiger partial charge in [-0.1, -0.05) is 5.21 Å². The minimum atomic E-state index is 0.238. The van der Waals surface area contributed by atoms with Crippen LogP contribution in [0.4, 0.5) is 0 Å². The Morgan fingerprint density at radius 3 is 3.17 bits per heavy atom. The summed E-state index contributed by atoms with van der Waals surface area (Å²) in [5.41, 5.74) is 0. The van der Waals surface area contributed by atoms with Crippen LogP contribution >= 0.6 is 0 Å². The molecule has 98 valence electrons. The summed E-state index contributed by atoms with van der Waals surface area (Å²) >= 11 is 0. The van der Waals surface area contributed by atoms with Gasteiger partial charge in [-0.05, 0) is 25.3 Å². The molecule has 1 amide bonds. The van der Waals surface area contributed by atoms with Gasteiger partial charge in [0.1, 0.15) is 0 Å². The van der Waals surface area contributed by atoms with E-state index in [0.29, 0.717) is 24.9 Å². The van der Waals surface area contributed by atoms with Gasteiger partial charge in [0.2, 0.25) is 5.91 Å². The van der Waals surface area contributed by atoms with Gasteiger partial charge < -0.3 is 10.2 Å². The van der Waals surface area contributed by atoms with E-state index in [1.54, 1.807) is 17.1 Å². The molecule has 2 fully saturated rings. The Bertz CT molecular complexity index is 391. The van der Waals surface area contributed by atoms with E-state index in [1.165, 1.54) is 12.8 Å². The zero-order valence-corrected chi connectivity index (χ0v) is 10.5. The third kappa shape index (κ3) is 2.38. The van der Waals surface area contributed by atoms with Gasteiger partial charge in [-0.3, -0.25) is 9.48 Å². The molecule has 2 aliphatic rings. The van der Waals surface area contributed by atoms with E-state index in [0.717, 1.165) is 19.6 Å². The number of hydrogen-bond donors (Lipinski definition) is 1. The summed E-state index contributed by atoms with van der Waals surface area (Å²) in [4.78, 5) is 14.1.